The van der Waals surface area contributed by atoms with Gasteiger partial charge in [-0.2, -0.15) is 0 Å². The number of rotatable bonds is 5. The van der Waals surface area contributed by atoms with Crippen LogP contribution in [0.1, 0.15) is 18.4 Å². The Balaban J connectivity index is 1.57. The van der Waals surface area contributed by atoms with Gasteiger partial charge in [-0.05, 0) is 24.1 Å². The highest BCUT2D eigenvalue weighted by Gasteiger charge is 2.39. The summed E-state index contributed by atoms with van der Waals surface area (Å²) in [6.07, 6.45) is 0.0610. The Morgan fingerprint density at radius 1 is 1.35 bits per heavy atom. The van der Waals surface area contributed by atoms with E-state index >= 15 is 0 Å². The first-order valence-electron chi connectivity index (χ1n) is 8.09. The Hall–Kier alpha value is -2.49. The summed E-state index contributed by atoms with van der Waals surface area (Å²) >= 11 is 0. The molecule has 2 heterocycles. The van der Waals surface area contributed by atoms with Crippen molar-refractivity contribution in [2.24, 2.45) is 0 Å². The average molecular weight is 383 g/mol. The number of halogens is 1. The minimum absolute atomic E-state index is 0.0262. The van der Waals surface area contributed by atoms with E-state index in [0.717, 1.165) is 4.90 Å². The predicted octanol–water partition coefficient (Wildman–Crippen LogP) is -0.0605. The fraction of sp³-hybridized carbons (Fsp3) is 0.438. The van der Waals surface area contributed by atoms with Gasteiger partial charge in [-0.3, -0.25) is 14.5 Å². The molecular weight excluding hydrogens is 365 g/mol. The van der Waals surface area contributed by atoms with Gasteiger partial charge in [-0.1, -0.05) is 12.1 Å². The molecule has 3 rings (SSSR count). The number of benzene rings is 1. The van der Waals surface area contributed by atoms with Gasteiger partial charge in [0.05, 0.1) is 24.5 Å². The first kappa shape index (κ1) is 18.3. The van der Waals surface area contributed by atoms with Gasteiger partial charge in [0.25, 0.3) is 5.91 Å². The lowest BCUT2D eigenvalue weighted by atomic mass is 10.1. The lowest BCUT2D eigenvalue weighted by molar-refractivity contribution is -0.131. The molecule has 4 amide bonds. The molecule has 2 saturated heterocycles. The molecule has 140 valence electrons. The second-order valence-corrected chi connectivity index (χ2v) is 8.66. The van der Waals surface area contributed by atoms with Gasteiger partial charge in [-0.25, -0.2) is 17.6 Å². The van der Waals surface area contributed by atoms with Crippen LogP contribution in [0.15, 0.2) is 24.3 Å². The van der Waals surface area contributed by atoms with Gasteiger partial charge in [0, 0.05) is 6.04 Å². The monoisotopic (exact) mass is 383 g/mol. The van der Waals surface area contributed by atoms with Crippen molar-refractivity contribution in [1.82, 2.24) is 15.5 Å². The van der Waals surface area contributed by atoms with Crippen molar-refractivity contribution in [3.8, 4) is 0 Å². The zero-order valence-corrected chi connectivity index (χ0v) is 14.6. The number of carbonyl (C=O) groups is 3. The highest BCUT2D eigenvalue weighted by molar-refractivity contribution is 7.91. The number of imide groups is 1. The van der Waals surface area contributed by atoms with Gasteiger partial charge in [0.15, 0.2) is 9.84 Å². The van der Waals surface area contributed by atoms with Crippen molar-refractivity contribution in [2.45, 2.75) is 31.5 Å². The molecular formula is C16H18FN3O5S. The lowest BCUT2D eigenvalue weighted by Crippen LogP contribution is -2.41. The van der Waals surface area contributed by atoms with Crippen LogP contribution in [-0.2, 0) is 26.0 Å². The standard InChI is InChI=1S/C16H18FN3O5S/c17-11-3-1-2-10(6-11)8-20-15(22)13(19-16(20)23)7-14(21)18-12-4-5-26(24,25)9-12/h1-3,6,12-13H,4-5,7-9H2,(H,18,21)(H,19,23)/t12-,13+/m1/s1. The van der Waals surface area contributed by atoms with E-state index in [1.165, 1.54) is 18.2 Å². The number of amides is 4. The van der Waals surface area contributed by atoms with Crippen molar-refractivity contribution in [1.29, 1.82) is 0 Å². The summed E-state index contributed by atoms with van der Waals surface area (Å²) in [7, 11) is -3.13. The maximum atomic E-state index is 13.2. The number of sulfone groups is 1. The molecule has 26 heavy (non-hydrogen) atoms. The van der Waals surface area contributed by atoms with E-state index in [0.29, 0.717) is 12.0 Å². The summed E-state index contributed by atoms with van der Waals surface area (Å²) in [5.41, 5.74) is 0.453. The summed E-state index contributed by atoms with van der Waals surface area (Å²) in [6.45, 7) is -0.0958. The van der Waals surface area contributed by atoms with Crippen LogP contribution in [0.3, 0.4) is 0 Å². The maximum absolute atomic E-state index is 13.2. The highest BCUT2D eigenvalue weighted by atomic mass is 32.2. The number of hydrogen-bond acceptors (Lipinski definition) is 5. The largest absolute Gasteiger partial charge is 0.352 e. The average Bonchev–Trinajstić information content (AvgIpc) is 3.01. The van der Waals surface area contributed by atoms with E-state index in [1.54, 1.807) is 6.07 Å². The molecule has 0 spiro atoms. The fourth-order valence-electron chi connectivity index (χ4n) is 3.06. The van der Waals surface area contributed by atoms with E-state index in [1.807, 2.05) is 0 Å². The molecule has 0 saturated carbocycles. The number of carbonyl (C=O) groups excluding carboxylic acids is 3. The molecule has 8 nitrogen and oxygen atoms in total. The van der Waals surface area contributed by atoms with Crippen molar-refractivity contribution < 1.29 is 27.2 Å². The number of nitrogens with zero attached hydrogens (tertiary/aromatic N) is 1. The quantitative estimate of drug-likeness (QED) is 0.692. The number of hydrogen-bond donors (Lipinski definition) is 2. The Morgan fingerprint density at radius 3 is 2.77 bits per heavy atom. The second-order valence-electron chi connectivity index (χ2n) is 6.43. The first-order valence-corrected chi connectivity index (χ1v) is 9.92. The van der Waals surface area contributed by atoms with Crippen LogP contribution >= 0.6 is 0 Å². The third kappa shape index (κ3) is 4.18. The molecule has 10 heteroatoms. The van der Waals surface area contributed by atoms with Gasteiger partial charge < -0.3 is 10.6 Å². The van der Waals surface area contributed by atoms with Crippen LogP contribution in [0.5, 0.6) is 0 Å². The van der Waals surface area contributed by atoms with Gasteiger partial charge in [-0.15, -0.1) is 0 Å². The van der Waals surface area contributed by atoms with E-state index in [2.05, 4.69) is 10.6 Å². The molecule has 2 atom stereocenters. The predicted molar refractivity (Wildman–Crippen MR) is 89.1 cm³/mol. The van der Waals surface area contributed by atoms with Crippen LogP contribution in [-0.4, -0.2) is 54.8 Å². The Kier molecular flexibility index (Phi) is 4.94. The Morgan fingerprint density at radius 2 is 2.12 bits per heavy atom. The minimum atomic E-state index is -3.13. The van der Waals surface area contributed by atoms with Crippen LogP contribution in [0.4, 0.5) is 9.18 Å². The van der Waals surface area contributed by atoms with Crippen LogP contribution in [0.2, 0.25) is 0 Å². The van der Waals surface area contributed by atoms with E-state index in [-0.39, 0.29) is 24.5 Å². The zero-order chi connectivity index (χ0) is 18.9. The van der Waals surface area contributed by atoms with Crippen LogP contribution in [0.25, 0.3) is 0 Å². The van der Waals surface area contributed by atoms with E-state index in [4.69, 9.17) is 0 Å². The topological polar surface area (TPSA) is 113 Å². The van der Waals surface area contributed by atoms with Crippen molar-refractivity contribution in [3.63, 3.8) is 0 Å². The summed E-state index contributed by atoms with van der Waals surface area (Å²) in [5, 5.41) is 5.00. The Labute approximate surface area is 149 Å². The molecule has 1 aromatic carbocycles. The fourth-order valence-corrected chi connectivity index (χ4v) is 4.74. The Bertz CT molecular complexity index is 857. The van der Waals surface area contributed by atoms with Gasteiger partial charge >= 0.3 is 6.03 Å². The highest BCUT2D eigenvalue weighted by Crippen LogP contribution is 2.16. The molecule has 2 aliphatic heterocycles. The van der Waals surface area contributed by atoms with Crippen molar-refractivity contribution in [3.05, 3.63) is 35.6 Å². The molecule has 2 aliphatic rings. The van der Waals surface area contributed by atoms with Crippen LogP contribution < -0.4 is 10.6 Å². The van der Waals surface area contributed by atoms with Gasteiger partial charge in [0.2, 0.25) is 5.91 Å². The van der Waals surface area contributed by atoms with Crippen molar-refractivity contribution in [2.75, 3.05) is 11.5 Å². The molecule has 0 aliphatic carbocycles. The SMILES string of the molecule is O=C(C[C@@H]1NC(=O)N(Cc2cccc(F)c2)C1=O)N[C@@H]1CCS(=O)(=O)C1. The van der Waals surface area contributed by atoms with Gasteiger partial charge in [0.1, 0.15) is 11.9 Å². The maximum Gasteiger partial charge on any atom is 0.325 e. The third-order valence-electron chi connectivity index (χ3n) is 4.32. The number of nitrogens with one attached hydrogen (secondary N) is 2. The summed E-state index contributed by atoms with van der Waals surface area (Å²) in [4.78, 5) is 37.3. The van der Waals surface area contributed by atoms with Crippen molar-refractivity contribution >= 4 is 27.7 Å². The first-order chi connectivity index (χ1) is 12.2. The summed E-state index contributed by atoms with van der Waals surface area (Å²) < 4.78 is 36.0. The summed E-state index contributed by atoms with van der Waals surface area (Å²) in [5.74, 6) is -1.64. The molecule has 0 bridgehead atoms. The summed E-state index contributed by atoms with van der Waals surface area (Å²) in [6, 6.07) is 3.40. The molecule has 1 aromatic rings. The normalized spacial score (nSPS) is 24.6. The van der Waals surface area contributed by atoms with Crippen LogP contribution in [0, 0.1) is 5.82 Å². The molecule has 0 radical (unpaired) electrons. The molecule has 2 fully saturated rings. The minimum Gasteiger partial charge on any atom is -0.352 e. The second kappa shape index (κ2) is 7.02. The van der Waals surface area contributed by atoms with E-state index in [9.17, 15) is 27.2 Å². The van der Waals surface area contributed by atoms with E-state index < -0.39 is 45.6 Å². The zero-order valence-electron chi connectivity index (χ0n) is 13.8. The molecule has 2 N–H and O–H groups in total. The smallest absolute Gasteiger partial charge is 0.325 e. The molecule has 0 aromatic heterocycles. The number of urea groups is 1. The third-order valence-corrected chi connectivity index (χ3v) is 6.09. The lowest BCUT2D eigenvalue weighted by Gasteiger charge is -2.14. The molecule has 0 unspecified atom stereocenters.